The fourth-order valence-corrected chi connectivity index (χ4v) is 6.38. The second-order valence-electron chi connectivity index (χ2n) is 10.6. The van der Waals surface area contributed by atoms with E-state index in [9.17, 15) is 10.2 Å². The average Bonchev–Trinajstić information content (AvgIpc) is 3.58. The number of anilines is 3. The van der Waals surface area contributed by atoms with Crippen LogP contribution in [0.1, 0.15) is 24.6 Å². The normalized spacial score (nSPS) is 26.0. The highest BCUT2D eigenvalue weighted by atomic mass is 35.5. The van der Waals surface area contributed by atoms with E-state index in [1.807, 2.05) is 36.4 Å². The maximum Gasteiger partial charge on any atom is 0.164 e. The van der Waals surface area contributed by atoms with E-state index in [1.165, 1.54) is 12.4 Å². The number of nitrogens with one attached hydrogen (secondary N) is 1. The number of benzene rings is 2. The molecule has 0 radical (unpaired) electrons. The zero-order valence-electron chi connectivity index (χ0n) is 21.2. The number of hydrogen-bond acceptors (Lipinski definition) is 8. The van der Waals surface area contributed by atoms with Crippen molar-refractivity contribution in [2.24, 2.45) is 5.92 Å². The van der Waals surface area contributed by atoms with Gasteiger partial charge in [0.2, 0.25) is 0 Å². The molecule has 4 heterocycles. The first-order valence-electron chi connectivity index (χ1n) is 13.1. The van der Waals surface area contributed by atoms with E-state index in [4.69, 9.17) is 22.1 Å². The molecule has 1 aliphatic carbocycles. The third-order valence-corrected chi connectivity index (χ3v) is 8.44. The molecule has 2 fully saturated rings. The summed E-state index contributed by atoms with van der Waals surface area (Å²) in [5, 5.41) is 27.2. The lowest BCUT2D eigenvalue weighted by Gasteiger charge is -2.26. The van der Waals surface area contributed by atoms with Gasteiger partial charge >= 0.3 is 0 Å². The fraction of sp³-hybridized carbons (Fsp3) is 0.276. The second-order valence-corrected chi connectivity index (χ2v) is 11.0. The van der Waals surface area contributed by atoms with Gasteiger partial charge in [0.05, 0.1) is 22.0 Å². The summed E-state index contributed by atoms with van der Waals surface area (Å²) in [5.41, 5.74) is 7.03. The molecule has 5 atom stereocenters. The Bertz CT molecular complexity index is 1750. The molecule has 0 amide bonds. The summed E-state index contributed by atoms with van der Waals surface area (Å²) in [5.74, 6) is 0.170. The van der Waals surface area contributed by atoms with Gasteiger partial charge in [-0.3, -0.25) is 0 Å². The molecule has 7 rings (SSSR count). The van der Waals surface area contributed by atoms with Gasteiger partial charge in [0.15, 0.2) is 6.23 Å². The van der Waals surface area contributed by atoms with Crippen molar-refractivity contribution in [2.75, 3.05) is 11.1 Å². The summed E-state index contributed by atoms with van der Waals surface area (Å²) in [7, 11) is 0. The largest absolute Gasteiger partial charge is 0.385 e. The van der Waals surface area contributed by atoms with Crippen LogP contribution in [-0.2, 0) is 11.2 Å². The number of hydrogen-bond donors (Lipinski definition) is 4. The van der Waals surface area contributed by atoms with Gasteiger partial charge in [-0.25, -0.2) is 19.3 Å². The molecule has 11 heteroatoms. The van der Waals surface area contributed by atoms with Crippen molar-refractivity contribution in [1.82, 2.24) is 19.5 Å². The van der Waals surface area contributed by atoms with Crippen molar-refractivity contribution < 1.29 is 19.3 Å². The molecule has 40 heavy (non-hydrogen) atoms. The molecule has 2 aromatic carbocycles. The lowest BCUT2D eigenvalue weighted by atomic mass is 9.90. The van der Waals surface area contributed by atoms with Crippen LogP contribution < -0.4 is 11.1 Å². The Morgan fingerprint density at radius 3 is 2.80 bits per heavy atom. The van der Waals surface area contributed by atoms with E-state index in [0.29, 0.717) is 63.4 Å². The van der Waals surface area contributed by atoms with Crippen molar-refractivity contribution in [1.29, 1.82) is 0 Å². The van der Waals surface area contributed by atoms with Gasteiger partial charge in [-0.15, -0.1) is 0 Å². The van der Waals surface area contributed by atoms with Crippen LogP contribution in [-0.4, -0.2) is 47.5 Å². The topological polar surface area (TPSA) is 131 Å². The predicted octanol–water partition coefficient (Wildman–Crippen LogP) is 4.74. The Morgan fingerprint density at radius 2 is 1.98 bits per heavy atom. The first kappa shape index (κ1) is 25.2. The van der Waals surface area contributed by atoms with E-state index >= 15 is 4.39 Å². The summed E-state index contributed by atoms with van der Waals surface area (Å²) in [6, 6.07) is 16.1. The number of aliphatic hydroxyl groups is 2. The van der Waals surface area contributed by atoms with Gasteiger partial charge in [0, 0.05) is 17.3 Å². The number of aromatic nitrogens is 4. The molecule has 0 unspecified atom stereocenters. The Kier molecular flexibility index (Phi) is 5.90. The third kappa shape index (κ3) is 3.98. The Balaban J connectivity index is 1.17. The molecule has 3 aromatic heterocycles. The molecule has 1 saturated heterocycles. The van der Waals surface area contributed by atoms with E-state index in [0.717, 1.165) is 5.69 Å². The lowest BCUT2D eigenvalue weighted by Crippen LogP contribution is -2.45. The molecule has 0 bridgehead atoms. The molecule has 0 spiro atoms. The zero-order valence-corrected chi connectivity index (χ0v) is 22.0. The van der Waals surface area contributed by atoms with Crippen LogP contribution in [0.4, 0.5) is 21.7 Å². The average molecular weight is 561 g/mol. The number of nitrogens with two attached hydrogens (primary N) is 1. The Labute approximate surface area is 233 Å². The summed E-state index contributed by atoms with van der Waals surface area (Å²) in [4.78, 5) is 12.9. The number of pyridine rings is 1. The van der Waals surface area contributed by atoms with Crippen molar-refractivity contribution in [2.45, 2.75) is 43.3 Å². The van der Waals surface area contributed by atoms with Gasteiger partial charge in [-0.05, 0) is 67.1 Å². The molecule has 5 aromatic rings. The highest BCUT2D eigenvalue weighted by Gasteiger charge is 2.61. The van der Waals surface area contributed by atoms with E-state index in [2.05, 4.69) is 20.3 Å². The van der Waals surface area contributed by atoms with Gasteiger partial charge in [-0.2, -0.15) is 0 Å². The summed E-state index contributed by atoms with van der Waals surface area (Å²) in [6.07, 6.45) is 1.78. The lowest BCUT2D eigenvalue weighted by molar-refractivity contribution is -0.0675. The van der Waals surface area contributed by atoms with Gasteiger partial charge in [-0.1, -0.05) is 29.8 Å². The van der Waals surface area contributed by atoms with Crippen molar-refractivity contribution in [3.05, 3.63) is 83.5 Å². The molecule has 2 aliphatic rings. The van der Waals surface area contributed by atoms with Crippen LogP contribution in [0.25, 0.3) is 21.9 Å². The smallest absolute Gasteiger partial charge is 0.164 e. The summed E-state index contributed by atoms with van der Waals surface area (Å²) < 4.78 is 23.2. The maximum atomic E-state index is 15.2. The number of para-hydroxylation sites is 1. The standard InChI is InChI=1S/C29H26ClFN6O3/c30-20-13-19-21(31)11-15(12-22(19)36-26(20)35-17-4-2-1-3-5-17)10-16-6-8-29(39)23(38)28(40-24(16)29)37-9-7-18-25(32)33-14-34-27(18)37/h1-5,7,9,11-14,16,23-24,28,38-39H,6,8,10H2,(H,35,36)(H2,32,33,34)/t16-,23-,24+,28+,29-/m0/s1. The van der Waals surface area contributed by atoms with Crippen LogP contribution in [0.2, 0.25) is 5.02 Å². The maximum absolute atomic E-state index is 15.2. The van der Waals surface area contributed by atoms with E-state index in [1.54, 1.807) is 22.9 Å². The molecule has 204 valence electrons. The number of halogens is 2. The minimum atomic E-state index is -1.45. The van der Waals surface area contributed by atoms with Crippen molar-refractivity contribution >= 4 is 50.9 Å². The number of nitrogens with zero attached hydrogens (tertiary/aromatic N) is 4. The monoisotopic (exact) mass is 560 g/mol. The highest BCUT2D eigenvalue weighted by molar-refractivity contribution is 6.33. The molecular formula is C29H26ClFN6O3. The minimum Gasteiger partial charge on any atom is -0.385 e. The minimum absolute atomic E-state index is 0.155. The quantitative estimate of drug-likeness (QED) is 0.242. The van der Waals surface area contributed by atoms with Crippen LogP contribution in [0.15, 0.2) is 67.1 Å². The van der Waals surface area contributed by atoms with Crippen LogP contribution in [0.3, 0.4) is 0 Å². The number of nitrogen functional groups attached to an aromatic ring is 1. The first-order chi connectivity index (χ1) is 19.3. The van der Waals surface area contributed by atoms with Gasteiger partial charge in [0.25, 0.3) is 0 Å². The third-order valence-electron chi connectivity index (χ3n) is 8.15. The van der Waals surface area contributed by atoms with E-state index in [-0.39, 0.29) is 5.92 Å². The number of rotatable bonds is 5. The van der Waals surface area contributed by atoms with Crippen LogP contribution in [0, 0.1) is 11.7 Å². The highest BCUT2D eigenvalue weighted by Crippen LogP contribution is 2.50. The van der Waals surface area contributed by atoms with Crippen molar-refractivity contribution in [3.63, 3.8) is 0 Å². The summed E-state index contributed by atoms with van der Waals surface area (Å²) >= 11 is 6.42. The number of fused-ring (bicyclic) bond motifs is 3. The molecular weight excluding hydrogens is 535 g/mol. The molecule has 5 N–H and O–H groups in total. The Hall–Kier alpha value is -3.83. The second kappa shape index (κ2) is 9.38. The van der Waals surface area contributed by atoms with Crippen molar-refractivity contribution in [3.8, 4) is 0 Å². The van der Waals surface area contributed by atoms with Crippen LogP contribution in [0.5, 0.6) is 0 Å². The molecule has 1 aliphatic heterocycles. The van der Waals surface area contributed by atoms with Gasteiger partial charge < -0.3 is 30.6 Å². The predicted molar refractivity (Wildman–Crippen MR) is 150 cm³/mol. The Morgan fingerprint density at radius 1 is 1.15 bits per heavy atom. The van der Waals surface area contributed by atoms with Gasteiger partial charge in [0.1, 0.15) is 41.1 Å². The SMILES string of the molecule is Nc1ncnc2c1ccn2[C@@H]1O[C@@H]2[C@H](Cc3cc(F)c4cc(Cl)c(Nc5ccccc5)nc4c3)CC[C@]2(O)[C@H]1O. The van der Waals surface area contributed by atoms with Crippen LogP contribution >= 0.6 is 11.6 Å². The molecule has 1 saturated carbocycles. The summed E-state index contributed by atoms with van der Waals surface area (Å²) in [6.45, 7) is 0. The first-order valence-corrected chi connectivity index (χ1v) is 13.4. The molecule has 9 nitrogen and oxygen atoms in total. The number of ether oxygens (including phenoxy) is 1. The number of aliphatic hydroxyl groups excluding tert-OH is 1. The fourth-order valence-electron chi connectivity index (χ4n) is 6.19. The van der Waals surface area contributed by atoms with E-state index < -0.39 is 29.9 Å². The zero-order chi connectivity index (χ0) is 27.6.